The molecule has 0 fully saturated rings. The highest BCUT2D eigenvalue weighted by molar-refractivity contribution is 7.89. The van der Waals surface area contributed by atoms with Gasteiger partial charge in [-0.25, -0.2) is 17.5 Å². The second-order valence-corrected chi connectivity index (χ2v) is 6.45. The normalized spacial score (nSPS) is 12.8. The van der Waals surface area contributed by atoms with Crippen molar-refractivity contribution in [3.05, 3.63) is 29.6 Å². The number of sulfonamides is 1. The molecule has 5 heteroatoms. The summed E-state index contributed by atoms with van der Waals surface area (Å²) in [5.41, 5.74) is -0.157. The van der Waals surface area contributed by atoms with E-state index in [-0.39, 0.29) is 4.90 Å². The van der Waals surface area contributed by atoms with Crippen LogP contribution in [0.3, 0.4) is 0 Å². The van der Waals surface area contributed by atoms with Crippen molar-refractivity contribution in [2.75, 3.05) is 0 Å². The van der Waals surface area contributed by atoms with E-state index in [1.54, 1.807) is 27.7 Å². The molecule has 0 spiro atoms. The summed E-state index contributed by atoms with van der Waals surface area (Å²) in [7, 11) is -3.65. The summed E-state index contributed by atoms with van der Waals surface area (Å²) < 4.78 is 39.4. The van der Waals surface area contributed by atoms with Gasteiger partial charge in [0, 0.05) is 5.54 Å². The van der Waals surface area contributed by atoms with Gasteiger partial charge in [0.15, 0.2) is 0 Å². The molecule has 0 aliphatic rings. The maximum absolute atomic E-state index is 13.3. The van der Waals surface area contributed by atoms with Crippen LogP contribution in [0.15, 0.2) is 23.1 Å². The molecule has 0 radical (unpaired) electrons. The minimum absolute atomic E-state index is 0.0504. The molecule has 1 aromatic carbocycles. The van der Waals surface area contributed by atoms with Gasteiger partial charge in [0.05, 0.1) is 4.90 Å². The molecule has 1 rings (SSSR count). The van der Waals surface area contributed by atoms with Crippen LogP contribution in [0, 0.1) is 12.7 Å². The van der Waals surface area contributed by atoms with Crippen molar-refractivity contribution in [3.8, 4) is 0 Å². The summed E-state index contributed by atoms with van der Waals surface area (Å²) >= 11 is 0. The summed E-state index contributed by atoms with van der Waals surface area (Å²) in [6.45, 7) is 6.78. The monoisotopic (exact) mass is 245 g/mol. The Bertz CT molecular complexity index is 489. The SMILES string of the molecule is Cc1ccc(S(=O)(=O)NC(C)(C)C)cc1F. The van der Waals surface area contributed by atoms with E-state index in [2.05, 4.69) is 4.72 Å². The van der Waals surface area contributed by atoms with Gasteiger partial charge in [0.1, 0.15) is 5.82 Å². The molecule has 0 saturated carbocycles. The molecule has 0 aliphatic heterocycles. The standard InChI is InChI=1S/C11H16FNO2S/c1-8-5-6-9(7-10(8)12)16(14,15)13-11(2,3)4/h5-7,13H,1-4H3. The molecule has 0 aromatic heterocycles. The zero-order valence-corrected chi connectivity index (χ0v) is 10.7. The van der Waals surface area contributed by atoms with Crippen molar-refractivity contribution >= 4 is 10.0 Å². The van der Waals surface area contributed by atoms with E-state index in [0.29, 0.717) is 5.56 Å². The Labute approximate surface area is 95.7 Å². The maximum atomic E-state index is 13.3. The van der Waals surface area contributed by atoms with Crippen molar-refractivity contribution in [1.29, 1.82) is 0 Å². The first-order valence-electron chi connectivity index (χ1n) is 4.92. The van der Waals surface area contributed by atoms with E-state index in [9.17, 15) is 12.8 Å². The number of rotatable bonds is 2. The third kappa shape index (κ3) is 3.28. The Kier molecular flexibility index (Phi) is 3.40. The third-order valence-electron chi connectivity index (χ3n) is 1.89. The highest BCUT2D eigenvalue weighted by Gasteiger charge is 2.22. The van der Waals surface area contributed by atoms with Crippen LogP contribution < -0.4 is 4.72 Å². The second-order valence-electron chi connectivity index (χ2n) is 4.77. The molecule has 0 saturated heterocycles. The van der Waals surface area contributed by atoms with Crippen molar-refractivity contribution < 1.29 is 12.8 Å². The molecule has 0 heterocycles. The van der Waals surface area contributed by atoms with E-state index in [1.165, 1.54) is 12.1 Å². The average molecular weight is 245 g/mol. The van der Waals surface area contributed by atoms with E-state index >= 15 is 0 Å². The van der Waals surface area contributed by atoms with Crippen molar-refractivity contribution in [1.82, 2.24) is 4.72 Å². The van der Waals surface area contributed by atoms with Gasteiger partial charge in [-0.05, 0) is 45.4 Å². The summed E-state index contributed by atoms with van der Waals surface area (Å²) in [5.74, 6) is -0.517. The van der Waals surface area contributed by atoms with Crippen LogP contribution in [0.25, 0.3) is 0 Å². The molecule has 1 N–H and O–H groups in total. The molecule has 3 nitrogen and oxygen atoms in total. The second kappa shape index (κ2) is 4.14. The van der Waals surface area contributed by atoms with Gasteiger partial charge in [-0.15, -0.1) is 0 Å². The molecule has 0 aliphatic carbocycles. The number of hydrogen-bond donors (Lipinski definition) is 1. The zero-order chi connectivity index (χ0) is 12.6. The predicted octanol–water partition coefficient (Wildman–Crippen LogP) is 2.21. The van der Waals surface area contributed by atoms with Crippen LogP contribution >= 0.6 is 0 Å². The number of hydrogen-bond acceptors (Lipinski definition) is 2. The first-order valence-corrected chi connectivity index (χ1v) is 6.40. The lowest BCUT2D eigenvalue weighted by molar-refractivity contribution is 0.490. The first kappa shape index (κ1) is 13.1. The van der Waals surface area contributed by atoms with Gasteiger partial charge in [-0.3, -0.25) is 0 Å². The molecular weight excluding hydrogens is 229 g/mol. The molecule has 1 aromatic rings. The number of nitrogens with one attached hydrogen (secondary N) is 1. The van der Waals surface area contributed by atoms with Crippen molar-refractivity contribution in [2.45, 2.75) is 38.1 Å². The maximum Gasteiger partial charge on any atom is 0.241 e. The lowest BCUT2D eigenvalue weighted by Crippen LogP contribution is -2.40. The molecule has 90 valence electrons. The summed E-state index contributed by atoms with van der Waals surface area (Å²) in [6.07, 6.45) is 0. The van der Waals surface area contributed by atoms with Crippen LogP contribution in [0.1, 0.15) is 26.3 Å². The Balaban J connectivity index is 3.13. The van der Waals surface area contributed by atoms with Gasteiger partial charge in [-0.2, -0.15) is 0 Å². The molecule has 0 bridgehead atoms. The summed E-state index contributed by atoms with van der Waals surface area (Å²) in [4.78, 5) is -0.0504. The van der Waals surface area contributed by atoms with E-state index < -0.39 is 21.4 Å². The molecule has 16 heavy (non-hydrogen) atoms. The number of benzene rings is 1. The molecule has 0 atom stereocenters. The van der Waals surface area contributed by atoms with Crippen molar-refractivity contribution in [2.24, 2.45) is 0 Å². The fraction of sp³-hybridized carbons (Fsp3) is 0.455. The molecule has 0 amide bonds. The minimum atomic E-state index is -3.65. The van der Waals surface area contributed by atoms with Crippen LogP contribution in [0.2, 0.25) is 0 Å². The Morgan fingerprint density at radius 2 is 1.81 bits per heavy atom. The third-order valence-corrected chi connectivity index (χ3v) is 3.65. The predicted molar refractivity (Wildman–Crippen MR) is 61.2 cm³/mol. The summed E-state index contributed by atoms with van der Waals surface area (Å²) in [6, 6.07) is 3.88. The van der Waals surface area contributed by atoms with E-state index in [1.807, 2.05) is 0 Å². The van der Waals surface area contributed by atoms with Gasteiger partial charge < -0.3 is 0 Å². The van der Waals surface area contributed by atoms with Gasteiger partial charge in [-0.1, -0.05) is 6.07 Å². The van der Waals surface area contributed by atoms with Crippen molar-refractivity contribution in [3.63, 3.8) is 0 Å². The Morgan fingerprint density at radius 3 is 2.25 bits per heavy atom. The molecule has 0 unspecified atom stereocenters. The topological polar surface area (TPSA) is 46.2 Å². The van der Waals surface area contributed by atoms with Gasteiger partial charge in [0.2, 0.25) is 10.0 Å². The fourth-order valence-corrected chi connectivity index (χ4v) is 2.63. The van der Waals surface area contributed by atoms with Gasteiger partial charge in [0.25, 0.3) is 0 Å². The Morgan fingerprint density at radius 1 is 1.25 bits per heavy atom. The van der Waals surface area contributed by atoms with Gasteiger partial charge >= 0.3 is 0 Å². The van der Waals surface area contributed by atoms with E-state index in [4.69, 9.17) is 0 Å². The summed E-state index contributed by atoms with van der Waals surface area (Å²) in [5, 5.41) is 0. The highest BCUT2D eigenvalue weighted by Crippen LogP contribution is 2.16. The molecular formula is C11H16FNO2S. The fourth-order valence-electron chi connectivity index (χ4n) is 1.20. The quantitative estimate of drug-likeness (QED) is 0.868. The minimum Gasteiger partial charge on any atom is -0.207 e. The Hall–Kier alpha value is -0.940. The highest BCUT2D eigenvalue weighted by atomic mass is 32.2. The van der Waals surface area contributed by atoms with Crippen LogP contribution in [0.4, 0.5) is 4.39 Å². The lowest BCUT2D eigenvalue weighted by atomic mass is 10.1. The largest absolute Gasteiger partial charge is 0.241 e. The average Bonchev–Trinajstić information content (AvgIpc) is 2.05. The first-order chi connectivity index (χ1) is 7.12. The smallest absolute Gasteiger partial charge is 0.207 e. The lowest BCUT2D eigenvalue weighted by Gasteiger charge is -2.20. The number of aryl methyl sites for hydroxylation is 1. The number of halogens is 1. The van der Waals surface area contributed by atoms with Crippen LogP contribution in [-0.2, 0) is 10.0 Å². The zero-order valence-electron chi connectivity index (χ0n) is 9.83. The van der Waals surface area contributed by atoms with Crippen LogP contribution in [-0.4, -0.2) is 14.0 Å². The van der Waals surface area contributed by atoms with E-state index in [0.717, 1.165) is 6.07 Å². The van der Waals surface area contributed by atoms with Crippen LogP contribution in [0.5, 0.6) is 0 Å².